The molecule has 5 nitrogen and oxygen atoms in total. The highest BCUT2D eigenvalue weighted by molar-refractivity contribution is 9.10. The van der Waals surface area contributed by atoms with E-state index < -0.39 is 0 Å². The Hall–Kier alpha value is -2.08. The van der Waals surface area contributed by atoms with Gasteiger partial charge in [-0.05, 0) is 28.1 Å². The molecule has 0 saturated heterocycles. The fraction of sp³-hybridized carbons (Fsp3) is 0. The van der Waals surface area contributed by atoms with E-state index in [4.69, 9.17) is 4.52 Å². The smallest absolute Gasteiger partial charge is 0.258 e. The van der Waals surface area contributed by atoms with E-state index in [1.165, 1.54) is 0 Å². The summed E-state index contributed by atoms with van der Waals surface area (Å²) in [5.41, 5.74) is 1.44. The molecule has 0 amide bonds. The van der Waals surface area contributed by atoms with Crippen molar-refractivity contribution in [3.8, 4) is 23.0 Å². The van der Waals surface area contributed by atoms with E-state index in [2.05, 4.69) is 36.0 Å². The van der Waals surface area contributed by atoms with Gasteiger partial charge in [0.1, 0.15) is 10.3 Å². The van der Waals surface area contributed by atoms with Crippen LogP contribution in [0.4, 0.5) is 0 Å². The van der Waals surface area contributed by atoms with Crippen LogP contribution in [0, 0.1) is 0 Å². The predicted molar refractivity (Wildman–Crippen MR) is 68.5 cm³/mol. The number of hydrogen-bond donors (Lipinski definition) is 0. The molecule has 0 radical (unpaired) electrons. The van der Waals surface area contributed by atoms with Crippen molar-refractivity contribution in [3.63, 3.8) is 0 Å². The van der Waals surface area contributed by atoms with Crippen LogP contribution in [0.25, 0.3) is 23.0 Å². The summed E-state index contributed by atoms with van der Waals surface area (Å²) in [6.45, 7) is 0. The van der Waals surface area contributed by atoms with Crippen molar-refractivity contribution in [2.45, 2.75) is 0 Å². The summed E-state index contributed by atoms with van der Waals surface area (Å²) in [7, 11) is 0. The Morgan fingerprint density at radius 1 is 1.00 bits per heavy atom. The molecule has 2 heterocycles. The zero-order valence-corrected chi connectivity index (χ0v) is 10.7. The molecular formula is C12H7BrN4O. The van der Waals surface area contributed by atoms with Gasteiger partial charge in [-0.1, -0.05) is 23.4 Å². The van der Waals surface area contributed by atoms with Crippen LogP contribution in [0.15, 0.2) is 51.9 Å². The van der Waals surface area contributed by atoms with Crippen LogP contribution in [0.3, 0.4) is 0 Å². The summed E-state index contributed by atoms with van der Waals surface area (Å²) in [5.74, 6) is 0.884. The molecule has 0 unspecified atom stereocenters. The van der Waals surface area contributed by atoms with Crippen molar-refractivity contribution >= 4 is 15.9 Å². The van der Waals surface area contributed by atoms with E-state index in [1.54, 1.807) is 12.4 Å². The molecule has 0 N–H and O–H groups in total. The van der Waals surface area contributed by atoms with Crippen LogP contribution in [-0.2, 0) is 0 Å². The van der Waals surface area contributed by atoms with Crippen molar-refractivity contribution in [3.05, 3.63) is 47.3 Å². The lowest BCUT2D eigenvalue weighted by atomic mass is 10.2. The summed E-state index contributed by atoms with van der Waals surface area (Å²) in [6.07, 6.45) is 3.19. The van der Waals surface area contributed by atoms with Crippen molar-refractivity contribution in [2.24, 2.45) is 0 Å². The molecule has 0 fully saturated rings. The number of halogens is 1. The number of benzene rings is 1. The summed E-state index contributed by atoms with van der Waals surface area (Å²) in [5, 5.41) is 3.89. The maximum Gasteiger partial charge on any atom is 0.258 e. The monoisotopic (exact) mass is 302 g/mol. The Morgan fingerprint density at radius 3 is 2.61 bits per heavy atom. The first-order valence-electron chi connectivity index (χ1n) is 5.20. The van der Waals surface area contributed by atoms with Gasteiger partial charge >= 0.3 is 0 Å². The third kappa shape index (κ3) is 2.14. The highest BCUT2D eigenvalue weighted by Crippen LogP contribution is 2.20. The average Bonchev–Trinajstić information content (AvgIpc) is 2.89. The normalized spacial score (nSPS) is 10.5. The highest BCUT2D eigenvalue weighted by atomic mass is 79.9. The molecule has 3 rings (SSSR count). The van der Waals surface area contributed by atoms with Crippen LogP contribution in [-0.4, -0.2) is 20.1 Å². The Bertz CT molecular complexity index is 669. The average molecular weight is 303 g/mol. The van der Waals surface area contributed by atoms with Gasteiger partial charge in [-0.3, -0.25) is 4.98 Å². The van der Waals surface area contributed by atoms with Gasteiger partial charge in [-0.15, -0.1) is 0 Å². The zero-order chi connectivity index (χ0) is 12.4. The van der Waals surface area contributed by atoms with E-state index in [1.807, 2.05) is 30.3 Å². The second kappa shape index (κ2) is 4.66. The quantitative estimate of drug-likeness (QED) is 0.728. The fourth-order valence-electron chi connectivity index (χ4n) is 1.48. The largest absolute Gasteiger partial charge is 0.334 e. The third-order valence-corrected chi connectivity index (χ3v) is 2.66. The van der Waals surface area contributed by atoms with Crippen LogP contribution >= 0.6 is 15.9 Å². The number of nitrogens with zero attached hydrogens (tertiary/aromatic N) is 4. The van der Waals surface area contributed by atoms with Crippen molar-refractivity contribution < 1.29 is 4.52 Å². The van der Waals surface area contributed by atoms with Crippen molar-refractivity contribution in [1.82, 2.24) is 20.1 Å². The molecule has 1 aromatic carbocycles. The van der Waals surface area contributed by atoms with Gasteiger partial charge in [0.25, 0.3) is 5.89 Å². The molecule has 3 aromatic rings. The van der Waals surface area contributed by atoms with Gasteiger partial charge in [0.15, 0.2) is 0 Å². The Kier molecular flexibility index (Phi) is 2.85. The lowest BCUT2D eigenvalue weighted by Crippen LogP contribution is -1.88. The Labute approximate surface area is 111 Å². The predicted octanol–water partition coefficient (Wildman–Crippen LogP) is 2.96. The lowest BCUT2D eigenvalue weighted by molar-refractivity contribution is 0.432. The van der Waals surface area contributed by atoms with E-state index in [9.17, 15) is 0 Å². The first kappa shape index (κ1) is 11.0. The van der Waals surface area contributed by atoms with E-state index in [-0.39, 0.29) is 0 Å². The first-order chi connectivity index (χ1) is 8.83. The minimum Gasteiger partial charge on any atom is -0.334 e. The summed E-state index contributed by atoms with van der Waals surface area (Å²) in [6, 6.07) is 9.57. The minimum absolute atomic E-state index is 0.419. The number of hydrogen-bond acceptors (Lipinski definition) is 5. The minimum atomic E-state index is 0.419. The molecule has 88 valence electrons. The van der Waals surface area contributed by atoms with E-state index in [0.29, 0.717) is 22.0 Å². The van der Waals surface area contributed by atoms with Crippen LogP contribution in [0.5, 0.6) is 0 Å². The molecule has 0 aliphatic heterocycles. The topological polar surface area (TPSA) is 64.7 Å². The molecule has 0 saturated carbocycles. The summed E-state index contributed by atoms with van der Waals surface area (Å²) < 4.78 is 5.83. The third-order valence-electron chi connectivity index (χ3n) is 2.28. The molecule has 0 spiro atoms. The molecule has 18 heavy (non-hydrogen) atoms. The molecule has 0 aliphatic carbocycles. The van der Waals surface area contributed by atoms with Gasteiger partial charge in [-0.2, -0.15) is 4.98 Å². The molecular weight excluding hydrogens is 296 g/mol. The standard InChI is InChI=1S/C12H7BrN4O/c13-10-7-14-6-9(15-10)11-16-12(18-17-11)8-4-2-1-3-5-8/h1-7H. The summed E-state index contributed by atoms with van der Waals surface area (Å²) >= 11 is 3.25. The molecule has 0 bridgehead atoms. The van der Waals surface area contributed by atoms with Crippen LogP contribution < -0.4 is 0 Å². The van der Waals surface area contributed by atoms with Gasteiger partial charge in [0.05, 0.1) is 12.4 Å². The van der Waals surface area contributed by atoms with Gasteiger partial charge < -0.3 is 4.52 Å². The van der Waals surface area contributed by atoms with Gasteiger partial charge in [-0.25, -0.2) is 4.98 Å². The maximum absolute atomic E-state index is 5.20. The number of aromatic nitrogens is 4. The maximum atomic E-state index is 5.20. The molecule has 6 heteroatoms. The first-order valence-corrected chi connectivity index (χ1v) is 5.99. The van der Waals surface area contributed by atoms with Crippen molar-refractivity contribution in [2.75, 3.05) is 0 Å². The molecule has 0 atom stereocenters. The van der Waals surface area contributed by atoms with E-state index in [0.717, 1.165) is 5.56 Å². The highest BCUT2D eigenvalue weighted by Gasteiger charge is 2.11. The SMILES string of the molecule is Brc1cncc(-c2noc(-c3ccccc3)n2)n1. The number of rotatable bonds is 2. The zero-order valence-electron chi connectivity index (χ0n) is 9.12. The van der Waals surface area contributed by atoms with Crippen LogP contribution in [0.2, 0.25) is 0 Å². The second-order valence-electron chi connectivity index (χ2n) is 3.52. The second-order valence-corrected chi connectivity index (χ2v) is 4.33. The Morgan fingerprint density at radius 2 is 1.83 bits per heavy atom. The van der Waals surface area contributed by atoms with Gasteiger partial charge in [0, 0.05) is 5.56 Å². The lowest BCUT2D eigenvalue weighted by Gasteiger charge is -1.93. The summed E-state index contributed by atoms with van der Waals surface area (Å²) in [4.78, 5) is 12.5. The van der Waals surface area contributed by atoms with E-state index >= 15 is 0 Å². The van der Waals surface area contributed by atoms with Crippen molar-refractivity contribution in [1.29, 1.82) is 0 Å². The molecule has 2 aromatic heterocycles. The van der Waals surface area contributed by atoms with Crippen LogP contribution in [0.1, 0.15) is 0 Å². The van der Waals surface area contributed by atoms with Gasteiger partial charge in [0.2, 0.25) is 5.82 Å². The molecule has 0 aliphatic rings. The fourth-order valence-corrected chi connectivity index (χ4v) is 1.78. The Balaban J connectivity index is 2.00.